The van der Waals surface area contributed by atoms with Crippen molar-refractivity contribution in [3.05, 3.63) is 0 Å². The average Bonchev–Trinajstić information content (AvgIpc) is 3.00. The van der Waals surface area contributed by atoms with Gasteiger partial charge in [0.25, 0.3) is 5.79 Å². The molecule has 1 unspecified atom stereocenters. The number of rotatable bonds is 0. The molecule has 2 saturated heterocycles. The maximum Gasteiger partial charge on any atom is 0.371 e. The molecule has 5 heteroatoms. The highest BCUT2D eigenvalue weighted by molar-refractivity contribution is 5.81. The van der Waals surface area contributed by atoms with E-state index in [9.17, 15) is 4.79 Å². The van der Waals surface area contributed by atoms with Gasteiger partial charge in [0.15, 0.2) is 0 Å². The molecule has 0 aromatic heterocycles. The van der Waals surface area contributed by atoms with E-state index >= 15 is 0 Å². The smallest absolute Gasteiger partial charge is 0.371 e. The van der Waals surface area contributed by atoms with Gasteiger partial charge in [-0.3, -0.25) is 9.57 Å². The Morgan fingerprint density at radius 2 is 1.94 bits per heavy atom. The lowest BCUT2D eigenvalue weighted by molar-refractivity contribution is -0.282. The lowest BCUT2D eigenvalue weighted by Gasteiger charge is -2.32. The molecule has 4 rings (SSSR count). The summed E-state index contributed by atoms with van der Waals surface area (Å²) in [5.74, 6) is -2.05. The van der Waals surface area contributed by atoms with Gasteiger partial charge in [-0.15, -0.1) is 0 Å². The van der Waals surface area contributed by atoms with E-state index in [2.05, 4.69) is 5.48 Å². The number of hydroxylamine groups is 1. The van der Waals surface area contributed by atoms with E-state index in [0.29, 0.717) is 0 Å². The van der Waals surface area contributed by atoms with Gasteiger partial charge in [0.2, 0.25) is 5.79 Å². The van der Waals surface area contributed by atoms with Crippen LogP contribution in [0.5, 0.6) is 0 Å². The first-order chi connectivity index (χ1) is 8.74. The number of hydrogen-bond donors (Lipinski definition) is 1. The van der Waals surface area contributed by atoms with Gasteiger partial charge in [0, 0.05) is 24.8 Å². The van der Waals surface area contributed by atoms with Crippen molar-refractivity contribution >= 4 is 5.97 Å². The minimum absolute atomic E-state index is 0.117. The molecule has 4 fully saturated rings. The van der Waals surface area contributed by atoms with Crippen LogP contribution in [0.15, 0.2) is 0 Å². The summed E-state index contributed by atoms with van der Waals surface area (Å²) in [4.78, 5) is 17.9. The Hall–Kier alpha value is -0.650. The summed E-state index contributed by atoms with van der Waals surface area (Å²) in [5, 5.41) is 0. The molecule has 0 radical (unpaired) electrons. The molecule has 0 aromatic rings. The maximum atomic E-state index is 12.3. The van der Waals surface area contributed by atoms with Crippen LogP contribution < -0.4 is 5.48 Å². The minimum Gasteiger partial charge on any atom is -0.429 e. The fraction of sp³-hybridized carbons (Fsp3) is 0.923. The van der Waals surface area contributed by atoms with Gasteiger partial charge in [-0.2, -0.15) is 5.48 Å². The molecular weight excluding hydrogens is 234 g/mol. The van der Waals surface area contributed by atoms with Crippen LogP contribution in [0.1, 0.15) is 51.4 Å². The third-order valence-electron chi connectivity index (χ3n) is 4.88. The number of ether oxygens (including phenoxy) is 2. The van der Waals surface area contributed by atoms with E-state index in [1.807, 2.05) is 0 Å². The Bertz CT molecular complexity index is 379. The Morgan fingerprint density at radius 1 is 1.11 bits per heavy atom. The van der Waals surface area contributed by atoms with Crippen molar-refractivity contribution in [3.63, 3.8) is 0 Å². The summed E-state index contributed by atoms with van der Waals surface area (Å²) >= 11 is 0. The molecule has 2 aliphatic heterocycles. The summed E-state index contributed by atoms with van der Waals surface area (Å²) in [6.07, 6.45) is 8.08. The standard InChI is InChI=1S/C13H19NO4/c15-11-13(9-5-4-6-10(9)14-18-13)17-12(16-11)7-2-1-3-8-12/h9-10,14H,1-8H2/t9-,10+,13?/m0/s1. The maximum absolute atomic E-state index is 12.3. The summed E-state index contributed by atoms with van der Waals surface area (Å²) < 4.78 is 11.7. The molecule has 18 heavy (non-hydrogen) atoms. The highest BCUT2D eigenvalue weighted by Gasteiger charge is 2.68. The number of esters is 1. The van der Waals surface area contributed by atoms with Crippen molar-refractivity contribution in [2.24, 2.45) is 5.92 Å². The van der Waals surface area contributed by atoms with Crippen LogP contribution in [0.25, 0.3) is 0 Å². The minimum atomic E-state index is -1.15. The normalized spacial score (nSPS) is 45.7. The van der Waals surface area contributed by atoms with Gasteiger partial charge in [-0.25, -0.2) is 4.79 Å². The first kappa shape index (κ1) is 11.2. The SMILES string of the molecule is O=C1OC2(CCCCC2)OC12ON[C@@H]1CCC[C@@H]12. The van der Waals surface area contributed by atoms with Gasteiger partial charge in [-0.05, 0) is 25.7 Å². The first-order valence-electron chi connectivity index (χ1n) is 7.11. The van der Waals surface area contributed by atoms with E-state index in [-0.39, 0.29) is 17.9 Å². The van der Waals surface area contributed by atoms with Crippen molar-refractivity contribution in [2.75, 3.05) is 0 Å². The van der Waals surface area contributed by atoms with E-state index < -0.39 is 11.6 Å². The average molecular weight is 253 g/mol. The van der Waals surface area contributed by atoms with Gasteiger partial charge in [0.05, 0.1) is 0 Å². The predicted molar refractivity (Wildman–Crippen MR) is 61.1 cm³/mol. The molecule has 2 spiro atoms. The number of hydrogen-bond acceptors (Lipinski definition) is 5. The van der Waals surface area contributed by atoms with E-state index in [0.717, 1.165) is 44.9 Å². The Labute approximate surface area is 106 Å². The second-order valence-corrected chi connectivity index (χ2v) is 5.99. The Morgan fingerprint density at radius 3 is 2.78 bits per heavy atom. The van der Waals surface area contributed by atoms with Crippen LogP contribution in [0.2, 0.25) is 0 Å². The second-order valence-electron chi connectivity index (χ2n) is 5.99. The van der Waals surface area contributed by atoms with Crippen LogP contribution >= 0.6 is 0 Å². The third-order valence-corrected chi connectivity index (χ3v) is 4.88. The molecule has 2 aliphatic carbocycles. The summed E-state index contributed by atoms with van der Waals surface area (Å²) in [7, 11) is 0. The molecule has 0 bridgehead atoms. The van der Waals surface area contributed by atoms with Crippen molar-refractivity contribution in [2.45, 2.75) is 69.0 Å². The van der Waals surface area contributed by atoms with Crippen LogP contribution in [0.3, 0.4) is 0 Å². The third kappa shape index (κ3) is 1.35. The topological polar surface area (TPSA) is 56.8 Å². The van der Waals surface area contributed by atoms with E-state index in [1.54, 1.807) is 0 Å². The van der Waals surface area contributed by atoms with Crippen LogP contribution in [-0.4, -0.2) is 23.6 Å². The number of carbonyl (C=O) groups is 1. The fourth-order valence-corrected chi connectivity index (χ4v) is 3.96. The molecule has 0 amide bonds. The predicted octanol–water partition coefficient (Wildman–Crippen LogP) is 1.62. The zero-order chi connectivity index (χ0) is 12.2. The van der Waals surface area contributed by atoms with E-state index in [4.69, 9.17) is 14.3 Å². The van der Waals surface area contributed by atoms with Gasteiger partial charge < -0.3 is 4.74 Å². The fourth-order valence-electron chi connectivity index (χ4n) is 3.96. The highest BCUT2D eigenvalue weighted by Crippen LogP contribution is 2.51. The largest absolute Gasteiger partial charge is 0.429 e. The Balaban J connectivity index is 1.64. The first-order valence-corrected chi connectivity index (χ1v) is 7.11. The lowest BCUT2D eigenvalue weighted by Crippen LogP contribution is -2.44. The van der Waals surface area contributed by atoms with Gasteiger partial charge in [-0.1, -0.05) is 12.8 Å². The molecule has 3 atom stereocenters. The molecule has 0 aromatic carbocycles. The van der Waals surface area contributed by atoms with Crippen LogP contribution in [0.4, 0.5) is 0 Å². The van der Waals surface area contributed by atoms with Gasteiger partial charge in [0.1, 0.15) is 0 Å². The van der Waals surface area contributed by atoms with Crippen molar-refractivity contribution in [1.82, 2.24) is 5.48 Å². The zero-order valence-electron chi connectivity index (χ0n) is 10.4. The molecular formula is C13H19NO4. The van der Waals surface area contributed by atoms with Crippen molar-refractivity contribution < 1.29 is 19.1 Å². The van der Waals surface area contributed by atoms with Crippen LogP contribution in [0, 0.1) is 5.92 Å². The highest BCUT2D eigenvalue weighted by atomic mass is 16.9. The van der Waals surface area contributed by atoms with Crippen molar-refractivity contribution in [1.29, 1.82) is 0 Å². The van der Waals surface area contributed by atoms with Crippen LogP contribution in [-0.2, 0) is 19.1 Å². The summed E-state index contributed by atoms with van der Waals surface area (Å²) in [6.45, 7) is 0. The number of nitrogens with one attached hydrogen (secondary N) is 1. The Kier molecular flexibility index (Phi) is 2.29. The number of carbonyl (C=O) groups excluding carboxylic acids is 1. The molecule has 2 saturated carbocycles. The molecule has 2 heterocycles. The zero-order valence-corrected chi connectivity index (χ0v) is 10.4. The summed E-state index contributed by atoms with van der Waals surface area (Å²) in [5.41, 5.74) is 2.98. The summed E-state index contributed by atoms with van der Waals surface area (Å²) in [6, 6.07) is 0.247. The van der Waals surface area contributed by atoms with Gasteiger partial charge >= 0.3 is 5.97 Å². The monoisotopic (exact) mass is 253 g/mol. The molecule has 100 valence electrons. The second kappa shape index (κ2) is 3.68. The molecule has 4 aliphatic rings. The molecule has 1 N–H and O–H groups in total. The van der Waals surface area contributed by atoms with E-state index in [1.165, 1.54) is 6.42 Å². The lowest BCUT2D eigenvalue weighted by atomic mass is 9.93. The van der Waals surface area contributed by atoms with Crippen molar-refractivity contribution in [3.8, 4) is 0 Å². The quantitative estimate of drug-likeness (QED) is 0.665. The molecule has 5 nitrogen and oxygen atoms in total. The number of fused-ring (bicyclic) bond motifs is 2.